The maximum absolute atomic E-state index is 12.3. The Morgan fingerprint density at radius 1 is 1.16 bits per heavy atom. The van der Waals surface area contributed by atoms with Crippen molar-refractivity contribution in [2.75, 3.05) is 12.4 Å². The number of methoxy groups -OCH3 is 1. The van der Waals surface area contributed by atoms with E-state index < -0.39 is 0 Å². The molecule has 1 heterocycles. The van der Waals surface area contributed by atoms with Crippen molar-refractivity contribution in [2.24, 2.45) is 0 Å². The summed E-state index contributed by atoms with van der Waals surface area (Å²) in [5, 5.41) is 12.0. The van der Waals surface area contributed by atoms with Gasteiger partial charge in [0.05, 0.1) is 12.7 Å². The molecule has 5 nitrogen and oxygen atoms in total. The number of anilines is 1. The first-order chi connectivity index (χ1) is 12.1. The van der Waals surface area contributed by atoms with Crippen molar-refractivity contribution < 1.29 is 19.1 Å². The van der Waals surface area contributed by atoms with Crippen molar-refractivity contribution in [1.82, 2.24) is 0 Å². The minimum Gasteiger partial charge on any atom is -0.496 e. The average Bonchev–Trinajstić information content (AvgIpc) is 3.11. The molecule has 2 N–H and O–H groups in total. The second-order valence-corrected chi connectivity index (χ2v) is 6.55. The number of halogens is 1. The number of rotatable bonds is 5. The molecule has 0 saturated heterocycles. The Kier molecular flexibility index (Phi) is 5.40. The summed E-state index contributed by atoms with van der Waals surface area (Å²) in [6, 6.07) is 16.1. The fraction of sp³-hybridized carbons (Fsp3) is 0.105. The molecule has 1 aromatic heterocycles. The number of hydrogen-bond acceptors (Lipinski definition) is 4. The third-order valence-electron chi connectivity index (χ3n) is 3.65. The first-order valence-corrected chi connectivity index (χ1v) is 8.63. The number of amides is 1. The summed E-state index contributed by atoms with van der Waals surface area (Å²) in [5.41, 5.74) is 1.95. The molecule has 0 bridgehead atoms. The Morgan fingerprint density at radius 3 is 2.56 bits per heavy atom. The van der Waals surface area contributed by atoms with Crippen LogP contribution in [0.2, 0.25) is 0 Å². The number of hydrogen-bond donors (Lipinski definition) is 2. The van der Waals surface area contributed by atoms with E-state index in [0.29, 0.717) is 28.5 Å². The van der Waals surface area contributed by atoms with Gasteiger partial charge >= 0.3 is 0 Å². The Labute approximate surface area is 158 Å². The highest BCUT2D eigenvalue weighted by atomic mass is 127. The second kappa shape index (κ2) is 7.71. The molecule has 1 amide bonds. The van der Waals surface area contributed by atoms with Crippen molar-refractivity contribution in [3.05, 3.63) is 69.5 Å². The molecule has 3 rings (SSSR count). The topological polar surface area (TPSA) is 71.7 Å². The van der Waals surface area contributed by atoms with Crippen LogP contribution < -0.4 is 10.1 Å². The first kappa shape index (κ1) is 17.5. The number of benzene rings is 2. The summed E-state index contributed by atoms with van der Waals surface area (Å²) in [5.74, 6) is 1.45. The SMILES string of the molecule is COc1cc(NC(=O)c2ccc(I)cc2)ccc1-c1ccc(CO)o1. The van der Waals surface area contributed by atoms with Gasteiger partial charge in [-0.1, -0.05) is 0 Å². The molecule has 0 unspecified atom stereocenters. The molecule has 6 heteroatoms. The molecular weight excluding hydrogens is 433 g/mol. The monoisotopic (exact) mass is 449 g/mol. The van der Waals surface area contributed by atoms with Crippen LogP contribution in [0.25, 0.3) is 11.3 Å². The lowest BCUT2D eigenvalue weighted by atomic mass is 10.1. The van der Waals surface area contributed by atoms with Gasteiger partial charge in [0.2, 0.25) is 0 Å². The van der Waals surface area contributed by atoms with E-state index in [1.54, 1.807) is 43.5 Å². The molecule has 3 aromatic rings. The van der Waals surface area contributed by atoms with Crippen LogP contribution in [-0.4, -0.2) is 18.1 Å². The second-order valence-electron chi connectivity index (χ2n) is 5.30. The third-order valence-corrected chi connectivity index (χ3v) is 4.37. The molecule has 2 aromatic carbocycles. The van der Waals surface area contributed by atoms with E-state index in [4.69, 9.17) is 14.3 Å². The van der Waals surface area contributed by atoms with Crippen molar-refractivity contribution in [3.63, 3.8) is 0 Å². The van der Waals surface area contributed by atoms with Gasteiger partial charge in [0.15, 0.2) is 0 Å². The van der Waals surface area contributed by atoms with E-state index in [0.717, 1.165) is 9.13 Å². The van der Waals surface area contributed by atoms with Crippen LogP contribution in [0.1, 0.15) is 16.1 Å². The molecule has 128 valence electrons. The molecule has 0 spiro atoms. The molecule has 25 heavy (non-hydrogen) atoms. The van der Waals surface area contributed by atoms with E-state index in [2.05, 4.69) is 27.9 Å². The first-order valence-electron chi connectivity index (χ1n) is 7.55. The standard InChI is InChI=1S/C19H16INO4/c1-24-18-10-14(21-19(23)12-2-4-13(20)5-3-12)6-8-16(18)17-9-7-15(11-22)25-17/h2-10,22H,11H2,1H3,(H,21,23). The maximum atomic E-state index is 12.3. The van der Waals surface area contributed by atoms with Gasteiger partial charge in [0, 0.05) is 20.9 Å². The largest absolute Gasteiger partial charge is 0.496 e. The van der Waals surface area contributed by atoms with E-state index in [-0.39, 0.29) is 12.5 Å². The molecule has 0 aliphatic rings. The number of aliphatic hydroxyl groups excluding tert-OH is 1. The lowest BCUT2D eigenvalue weighted by Gasteiger charge is -2.10. The molecule has 0 saturated carbocycles. The lowest BCUT2D eigenvalue weighted by Crippen LogP contribution is -2.11. The van der Waals surface area contributed by atoms with Crippen molar-refractivity contribution in [3.8, 4) is 17.1 Å². The number of ether oxygens (including phenoxy) is 1. The van der Waals surface area contributed by atoms with Crippen molar-refractivity contribution in [1.29, 1.82) is 0 Å². The molecule has 0 aliphatic heterocycles. The van der Waals surface area contributed by atoms with Gasteiger partial charge in [-0.05, 0) is 71.1 Å². The number of furan rings is 1. The van der Waals surface area contributed by atoms with Gasteiger partial charge in [-0.2, -0.15) is 0 Å². The van der Waals surface area contributed by atoms with Gasteiger partial charge in [0.25, 0.3) is 5.91 Å². The highest BCUT2D eigenvalue weighted by Gasteiger charge is 2.13. The lowest BCUT2D eigenvalue weighted by molar-refractivity contribution is 0.102. The predicted molar refractivity (Wildman–Crippen MR) is 104 cm³/mol. The molecule has 0 radical (unpaired) electrons. The summed E-state index contributed by atoms with van der Waals surface area (Å²) < 4.78 is 12.0. The summed E-state index contributed by atoms with van der Waals surface area (Å²) in [7, 11) is 1.56. The summed E-state index contributed by atoms with van der Waals surface area (Å²) in [6.45, 7) is -0.160. The zero-order chi connectivity index (χ0) is 17.8. The van der Waals surface area contributed by atoms with Crippen molar-refractivity contribution in [2.45, 2.75) is 6.61 Å². The van der Waals surface area contributed by atoms with Gasteiger partial charge < -0.3 is 19.6 Å². The normalized spacial score (nSPS) is 10.5. The molecular formula is C19H16INO4. The van der Waals surface area contributed by atoms with Crippen LogP contribution >= 0.6 is 22.6 Å². The van der Waals surface area contributed by atoms with Gasteiger partial charge in [-0.3, -0.25) is 4.79 Å². The van der Waals surface area contributed by atoms with Gasteiger partial charge in [0.1, 0.15) is 23.9 Å². The number of aliphatic hydroxyl groups is 1. The number of carbonyl (C=O) groups is 1. The number of carbonyl (C=O) groups excluding carboxylic acids is 1. The minimum atomic E-state index is -0.188. The molecule has 0 aliphatic carbocycles. The molecule has 0 fully saturated rings. The van der Waals surface area contributed by atoms with E-state index in [9.17, 15) is 4.79 Å². The maximum Gasteiger partial charge on any atom is 0.255 e. The minimum absolute atomic E-state index is 0.160. The quantitative estimate of drug-likeness (QED) is 0.570. The van der Waals surface area contributed by atoms with Crippen LogP contribution in [-0.2, 0) is 6.61 Å². The van der Waals surface area contributed by atoms with Crippen LogP contribution in [0.4, 0.5) is 5.69 Å². The number of nitrogens with one attached hydrogen (secondary N) is 1. The Hall–Kier alpha value is -2.32. The van der Waals surface area contributed by atoms with Crippen LogP contribution in [0.15, 0.2) is 59.0 Å². The predicted octanol–water partition coefficient (Wildman–Crippen LogP) is 4.30. The van der Waals surface area contributed by atoms with Crippen LogP contribution in [0.5, 0.6) is 5.75 Å². The Bertz CT molecular complexity index is 887. The third kappa shape index (κ3) is 4.02. The average molecular weight is 449 g/mol. The summed E-state index contributed by atoms with van der Waals surface area (Å²) in [4.78, 5) is 12.3. The van der Waals surface area contributed by atoms with Crippen molar-refractivity contribution >= 4 is 34.2 Å². The van der Waals surface area contributed by atoms with Crippen LogP contribution in [0, 0.1) is 3.57 Å². The Morgan fingerprint density at radius 2 is 1.92 bits per heavy atom. The zero-order valence-electron chi connectivity index (χ0n) is 13.5. The van der Waals surface area contributed by atoms with Gasteiger partial charge in [-0.15, -0.1) is 0 Å². The highest BCUT2D eigenvalue weighted by molar-refractivity contribution is 14.1. The fourth-order valence-corrected chi connectivity index (χ4v) is 2.74. The Balaban J connectivity index is 1.83. The summed E-state index contributed by atoms with van der Waals surface area (Å²) in [6.07, 6.45) is 0. The summed E-state index contributed by atoms with van der Waals surface area (Å²) >= 11 is 2.19. The van der Waals surface area contributed by atoms with Gasteiger partial charge in [-0.25, -0.2) is 0 Å². The fourth-order valence-electron chi connectivity index (χ4n) is 2.38. The van der Waals surface area contributed by atoms with E-state index in [1.165, 1.54) is 0 Å². The molecule has 0 atom stereocenters. The van der Waals surface area contributed by atoms with Crippen LogP contribution in [0.3, 0.4) is 0 Å². The zero-order valence-corrected chi connectivity index (χ0v) is 15.6. The van der Waals surface area contributed by atoms with E-state index >= 15 is 0 Å². The smallest absolute Gasteiger partial charge is 0.255 e. The van der Waals surface area contributed by atoms with E-state index in [1.807, 2.05) is 18.2 Å². The highest BCUT2D eigenvalue weighted by Crippen LogP contribution is 2.33.